The van der Waals surface area contributed by atoms with Gasteiger partial charge in [0.25, 0.3) is 0 Å². The molecule has 0 radical (unpaired) electrons. The third-order valence-corrected chi connectivity index (χ3v) is 4.75. The molecule has 0 saturated heterocycles. The first-order chi connectivity index (χ1) is 13.2. The Morgan fingerprint density at radius 1 is 1.33 bits per heavy atom. The summed E-state index contributed by atoms with van der Waals surface area (Å²) in [5, 5.41) is 9.54. The lowest BCUT2D eigenvalue weighted by Crippen LogP contribution is -2.19. The third kappa shape index (κ3) is 3.22. The van der Waals surface area contributed by atoms with E-state index in [0.29, 0.717) is 11.5 Å². The van der Waals surface area contributed by atoms with Gasteiger partial charge in [-0.1, -0.05) is 25.1 Å². The fraction of sp³-hybridized carbons (Fsp3) is 0.227. The number of esters is 1. The van der Waals surface area contributed by atoms with E-state index in [1.807, 2.05) is 48.5 Å². The maximum atomic E-state index is 12.8. The SMILES string of the molecule is C[C@H]1C/C(=C/c2ccco2)c2nc3ccccc3c(C(=O)OCC#N)c2C1. The van der Waals surface area contributed by atoms with Crippen molar-refractivity contribution < 1.29 is 13.9 Å². The van der Waals surface area contributed by atoms with Crippen molar-refractivity contribution in [2.24, 2.45) is 5.92 Å². The van der Waals surface area contributed by atoms with E-state index in [9.17, 15) is 4.79 Å². The molecule has 1 aromatic carbocycles. The van der Waals surface area contributed by atoms with Gasteiger partial charge < -0.3 is 9.15 Å². The fourth-order valence-electron chi connectivity index (χ4n) is 3.68. The Balaban J connectivity index is 1.95. The number of ether oxygens (including phenoxy) is 1. The predicted octanol–water partition coefficient (Wildman–Crippen LogP) is 4.63. The van der Waals surface area contributed by atoms with Crippen LogP contribution in [0.15, 0.2) is 47.1 Å². The first-order valence-corrected chi connectivity index (χ1v) is 8.87. The highest BCUT2D eigenvalue weighted by atomic mass is 16.5. The van der Waals surface area contributed by atoms with E-state index >= 15 is 0 Å². The van der Waals surface area contributed by atoms with Gasteiger partial charge in [0.1, 0.15) is 11.8 Å². The van der Waals surface area contributed by atoms with E-state index in [1.54, 1.807) is 6.26 Å². The minimum atomic E-state index is -0.474. The van der Waals surface area contributed by atoms with Crippen LogP contribution in [0.5, 0.6) is 0 Å². The summed E-state index contributed by atoms with van der Waals surface area (Å²) in [7, 11) is 0. The van der Waals surface area contributed by atoms with E-state index < -0.39 is 5.97 Å². The molecule has 134 valence electrons. The van der Waals surface area contributed by atoms with Gasteiger partial charge in [-0.05, 0) is 54.2 Å². The lowest BCUT2D eigenvalue weighted by atomic mass is 9.81. The molecule has 1 atom stereocenters. The summed E-state index contributed by atoms with van der Waals surface area (Å²) in [6, 6.07) is 13.1. The van der Waals surface area contributed by atoms with Crippen LogP contribution in [0, 0.1) is 17.2 Å². The van der Waals surface area contributed by atoms with Crippen LogP contribution in [-0.4, -0.2) is 17.6 Å². The number of hydrogen-bond donors (Lipinski definition) is 0. The molecule has 4 rings (SSSR count). The number of benzene rings is 1. The standard InChI is InChI=1S/C22H18N2O3/c1-14-11-15(13-16-5-4-9-26-16)21-18(12-14)20(22(25)27-10-8-23)17-6-2-3-7-19(17)24-21/h2-7,9,13-14H,10-12H2,1H3/b15-13-/t14-/m0/s1. The number of nitrogens with zero attached hydrogens (tertiary/aromatic N) is 2. The van der Waals surface area contributed by atoms with E-state index in [-0.39, 0.29) is 6.61 Å². The van der Waals surface area contributed by atoms with Crippen molar-refractivity contribution in [2.45, 2.75) is 19.8 Å². The summed E-state index contributed by atoms with van der Waals surface area (Å²) in [6.45, 7) is 1.88. The molecular weight excluding hydrogens is 340 g/mol. The van der Waals surface area contributed by atoms with Gasteiger partial charge >= 0.3 is 5.97 Å². The lowest BCUT2D eigenvalue weighted by molar-refractivity contribution is 0.0555. The molecule has 1 aliphatic carbocycles. The topological polar surface area (TPSA) is 76.1 Å². The number of para-hydroxylation sites is 1. The predicted molar refractivity (Wildman–Crippen MR) is 102 cm³/mol. The summed E-state index contributed by atoms with van der Waals surface area (Å²) >= 11 is 0. The van der Waals surface area contributed by atoms with Crippen molar-refractivity contribution in [1.82, 2.24) is 4.98 Å². The normalized spacial score (nSPS) is 17.5. The maximum Gasteiger partial charge on any atom is 0.340 e. The highest BCUT2D eigenvalue weighted by Crippen LogP contribution is 2.38. The highest BCUT2D eigenvalue weighted by molar-refractivity contribution is 6.06. The molecule has 2 heterocycles. The number of nitriles is 1. The molecule has 27 heavy (non-hydrogen) atoms. The quantitative estimate of drug-likeness (QED) is 0.638. The lowest BCUT2D eigenvalue weighted by Gasteiger charge is -2.26. The van der Waals surface area contributed by atoms with Crippen molar-refractivity contribution >= 4 is 28.5 Å². The average molecular weight is 358 g/mol. The number of rotatable bonds is 3. The number of pyridine rings is 1. The van der Waals surface area contributed by atoms with Crippen LogP contribution in [0.1, 0.15) is 40.7 Å². The van der Waals surface area contributed by atoms with E-state index in [4.69, 9.17) is 19.4 Å². The number of hydrogen-bond acceptors (Lipinski definition) is 5. The molecule has 5 heteroatoms. The molecule has 0 amide bonds. The Kier molecular flexibility index (Phi) is 4.47. The van der Waals surface area contributed by atoms with Crippen molar-refractivity contribution in [2.75, 3.05) is 6.61 Å². The highest BCUT2D eigenvalue weighted by Gasteiger charge is 2.28. The zero-order chi connectivity index (χ0) is 18.8. The maximum absolute atomic E-state index is 12.8. The van der Waals surface area contributed by atoms with Gasteiger partial charge in [0.2, 0.25) is 0 Å². The number of furan rings is 1. The van der Waals surface area contributed by atoms with Gasteiger partial charge in [0, 0.05) is 5.39 Å². The van der Waals surface area contributed by atoms with Crippen LogP contribution in [0.4, 0.5) is 0 Å². The van der Waals surface area contributed by atoms with Gasteiger partial charge in [-0.15, -0.1) is 0 Å². The fourth-order valence-corrected chi connectivity index (χ4v) is 3.68. The molecule has 1 aliphatic rings. The Labute approximate surface area is 156 Å². The second-order valence-electron chi connectivity index (χ2n) is 6.76. The molecular formula is C22H18N2O3. The van der Waals surface area contributed by atoms with Crippen LogP contribution in [-0.2, 0) is 11.2 Å². The molecule has 5 nitrogen and oxygen atoms in total. The smallest absolute Gasteiger partial charge is 0.340 e. The van der Waals surface area contributed by atoms with Crippen LogP contribution in [0.25, 0.3) is 22.6 Å². The number of allylic oxidation sites excluding steroid dienone is 1. The van der Waals surface area contributed by atoms with Crippen molar-refractivity contribution in [3.63, 3.8) is 0 Å². The van der Waals surface area contributed by atoms with Crippen LogP contribution >= 0.6 is 0 Å². The van der Waals surface area contributed by atoms with Crippen LogP contribution < -0.4 is 0 Å². The Hall–Kier alpha value is -3.39. The molecule has 0 fully saturated rings. The Morgan fingerprint density at radius 2 is 2.19 bits per heavy atom. The summed E-state index contributed by atoms with van der Waals surface area (Å²) in [5.41, 5.74) is 3.99. The Bertz CT molecular complexity index is 1070. The molecule has 0 saturated carbocycles. The van der Waals surface area contributed by atoms with Crippen molar-refractivity contribution in [1.29, 1.82) is 5.26 Å². The molecule has 0 bridgehead atoms. The first kappa shape index (κ1) is 17.0. The summed E-state index contributed by atoms with van der Waals surface area (Å²) in [5.74, 6) is 0.635. The Morgan fingerprint density at radius 3 is 2.96 bits per heavy atom. The largest absolute Gasteiger partial charge is 0.465 e. The first-order valence-electron chi connectivity index (χ1n) is 8.87. The van der Waals surface area contributed by atoms with Crippen molar-refractivity contribution in [3.05, 3.63) is 65.2 Å². The van der Waals surface area contributed by atoms with Gasteiger partial charge in [-0.25, -0.2) is 9.78 Å². The molecule has 0 unspecified atom stereocenters. The number of fused-ring (bicyclic) bond motifs is 2. The minimum Gasteiger partial charge on any atom is -0.465 e. The van der Waals surface area contributed by atoms with Gasteiger partial charge in [0.15, 0.2) is 6.61 Å². The number of carbonyl (C=O) groups excluding carboxylic acids is 1. The molecule has 3 aromatic rings. The number of carbonyl (C=O) groups is 1. The van der Waals surface area contributed by atoms with Gasteiger partial charge in [0.05, 0.1) is 23.0 Å². The molecule has 0 spiro atoms. The number of aromatic nitrogens is 1. The summed E-state index contributed by atoms with van der Waals surface area (Å²) in [6.07, 6.45) is 5.21. The van der Waals surface area contributed by atoms with Crippen molar-refractivity contribution in [3.8, 4) is 6.07 Å². The van der Waals surface area contributed by atoms with Crippen LogP contribution in [0.3, 0.4) is 0 Å². The summed E-state index contributed by atoms with van der Waals surface area (Å²) < 4.78 is 10.6. The van der Waals surface area contributed by atoms with E-state index in [0.717, 1.165) is 46.3 Å². The van der Waals surface area contributed by atoms with Gasteiger partial charge in [-0.3, -0.25) is 0 Å². The summed E-state index contributed by atoms with van der Waals surface area (Å²) in [4.78, 5) is 17.6. The van der Waals surface area contributed by atoms with Crippen LogP contribution in [0.2, 0.25) is 0 Å². The monoisotopic (exact) mass is 358 g/mol. The average Bonchev–Trinajstić information content (AvgIpc) is 3.17. The molecule has 0 aliphatic heterocycles. The second kappa shape index (κ2) is 7.08. The molecule has 0 N–H and O–H groups in total. The zero-order valence-electron chi connectivity index (χ0n) is 14.9. The molecule has 2 aromatic heterocycles. The zero-order valence-corrected chi connectivity index (χ0v) is 14.9. The van der Waals surface area contributed by atoms with Gasteiger partial charge in [-0.2, -0.15) is 5.26 Å². The van der Waals surface area contributed by atoms with E-state index in [2.05, 4.69) is 6.92 Å². The van der Waals surface area contributed by atoms with E-state index in [1.165, 1.54) is 0 Å². The minimum absolute atomic E-state index is 0.269. The third-order valence-electron chi connectivity index (χ3n) is 4.75. The second-order valence-corrected chi connectivity index (χ2v) is 6.76.